The van der Waals surface area contributed by atoms with Crippen LogP contribution in [0.1, 0.15) is 42.3 Å². The zero-order valence-electron chi connectivity index (χ0n) is 9.45. The Hall–Kier alpha value is -1.02. The number of nitrogens with two attached hydrogens (primary N) is 1. The first-order valence-corrected chi connectivity index (χ1v) is 6.48. The van der Waals surface area contributed by atoms with Crippen LogP contribution in [0.5, 0.6) is 0 Å². The summed E-state index contributed by atoms with van der Waals surface area (Å²) in [5, 5.41) is 3.72. The molecule has 1 saturated carbocycles. The third kappa shape index (κ3) is 0.963. The smallest absolute Gasteiger partial charge is 0.0355 e. The van der Waals surface area contributed by atoms with Gasteiger partial charge in [0.1, 0.15) is 0 Å². The van der Waals surface area contributed by atoms with Crippen molar-refractivity contribution < 1.29 is 0 Å². The van der Waals surface area contributed by atoms with E-state index in [9.17, 15) is 0 Å². The lowest BCUT2D eigenvalue weighted by atomic mass is 9.64. The molecule has 5 rings (SSSR count). The second-order valence-electron chi connectivity index (χ2n) is 5.60. The highest BCUT2D eigenvalue weighted by Gasteiger charge is 2.48. The van der Waals surface area contributed by atoms with Gasteiger partial charge in [-0.3, -0.25) is 0 Å². The zero-order valence-corrected chi connectivity index (χ0v) is 9.45. The van der Waals surface area contributed by atoms with Crippen molar-refractivity contribution in [2.24, 2.45) is 11.8 Å². The number of hydrogen-bond donors (Lipinski definition) is 2. The van der Waals surface area contributed by atoms with Crippen molar-refractivity contribution in [2.75, 3.05) is 12.3 Å². The van der Waals surface area contributed by atoms with E-state index in [2.05, 4.69) is 23.5 Å². The number of hydrogen-bond acceptors (Lipinski definition) is 2. The van der Waals surface area contributed by atoms with Gasteiger partial charge in [-0.2, -0.15) is 0 Å². The molecule has 84 valence electrons. The van der Waals surface area contributed by atoms with Gasteiger partial charge in [-0.05, 0) is 41.9 Å². The molecule has 2 bridgehead atoms. The SMILES string of the molecule is Nc1cccc2c1C1CNC2C2CCCC12. The Morgan fingerprint density at radius 1 is 1.19 bits per heavy atom. The quantitative estimate of drug-likeness (QED) is 0.651. The normalized spacial score (nSPS) is 39.5. The summed E-state index contributed by atoms with van der Waals surface area (Å²) >= 11 is 0. The van der Waals surface area contributed by atoms with Crippen LogP contribution in [0.25, 0.3) is 0 Å². The summed E-state index contributed by atoms with van der Waals surface area (Å²) in [6.45, 7) is 1.15. The van der Waals surface area contributed by atoms with Gasteiger partial charge in [0.2, 0.25) is 0 Å². The van der Waals surface area contributed by atoms with Crippen LogP contribution in [0.2, 0.25) is 0 Å². The average Bonchev–Trinajstić information content (AvgIpc) is 2.80. The lowest BCUT2D eigenvalue weighted by molar-refractivity contribution is 0.168. The standard InChI is InChI=1S/C14H18N2/c15-12-6-2-5-10-13(12)11-7-16-14(10)9-4-1-3-8(9)11/h2,5-6,8-9,11,14,16H,1,3-4,7,15H2. The number of rotatable bonds is 0. The molecular formula is C14H18N2. The molecule has 1 saturated heterocycles. The third-order valence-electron chi connectivity index (χ3n) is 5.01. The summed E-state index contributed by atoms with van der Waals surface area (Å²) in [6.07, 6.45) is 4.24. The molecule has 2 nitrogen and oxygen atoms in total. The summed E-state index contributed by atoms with van der Waals surface area (Å²) < 4.78 is 0. The predicted molar refractivity (Wildman–Crippen MR) is 65.2 cm³/mol. The minimum atomic E-state index is 0.594. The Labute approximate surface area is 96.2 Å². The largest absolute Gasteiger partial charge is 0.398 e. The highest BCUT2D eigenvalue weighted by molar-refractivity contribution is 5.57. The van der Waals surface area contributed by atoms with Crippen LogP contribution in [0.3, 0.4) is 0 Å². The number of fused-ring (bicyclic) bond motifs is 1. The van der Waals surface area contributed by atoms with Gasteiger partial charge in [0.15, 0.2) is 0 Å². The van der Waals surface area contributed by atoms with E-state index in [-0.39, 0.29) is 0 Å². The van der Waals surface area contributed by atoms with E-state index in [4.69, 9.17) is 5.73 Å². The topological polar surface area (TPSA) is 38.0 Å². The second-order valence-corrected chi connectivity index (χ2v) is 5.60. The van der Waals surface area contributed by atoms with Crippen LogP contribution in [-0.4, -0.2) is 6.54 Å². The van der Waals surface area contributed by atoms with Crippen LogP contribution >= 0.6 is 0 Å². The van der Waals surface area contributed by atoms with Gasteiger partial charge < -0.3 is 11.1 Å². The van der Waals surface area contributed by atoms with E-state index < -0.39 is 0 Å². The molecule has 2 aliphatic carbocycles. The van der Waals surface area contributed by atoms with Crippen molar-refractivity contribution in [3.8, 4) is 0 Å². The van der Waals surface area contributed by atoms with Crippen molar-refractivity contribution in [3.63, 3.8) is 0 Å². The fraction of sp³-hybridized carbons (Fsp3) is 0.571. The molecule has 4 atom stereocenters. The molecule has 2 aliphatic heterocycles. The molecule has 0 spiro atoms. The van der Waals surface area contributed by atoms with E-state index in [1.807, 2.05) is 0 Å². The Morgan fingerprint density at radius 2 is 2.06 bits per heavy atom. The van der Waals surface area contributed by atoms with Crippen molar-refractivity contribution in [1.29, 1.82) is 0 Å². The second kappa shape index (κ2) is 3.01. The number of piperidine rings is 1. The number of nitrogen functional groups attached to an aromatic ring is 1. The maximum atomic E-state index is 6.18. The van der Waals surface area contributed by atoms with Gasteiger partial charge in [0.05, 0.1) is 0 Å². The van der Waals surface area contributed by atoms with E-state index in [0.29, 0.717) is 12.0 Å². The van der Waals surface area contributed by atoms with Crippen LogP contribution in [-0.2, 0) is 0 Å². The first kappa shape index (κ1) is 9.06. The van der Waals surface area contributed by atoms with Crippen molar-refractivity contribution >= 4 is 5.69 Å². The highest BCUT2D eigenvalue weighted by Crippen LogP contribution is 2.56. The molecule has 0 radical (unpaired) electrons. The summed E-state index contributed by atoms with van der Waals surface area (Å²) in [7, 11) is 0. The van der Waals surface area contributed by atoms with Crippen LogP contribution in [0.15, 0.2) is 18.2 Å². The Morgan fingerprint density at radius 3 is 3.00 bits per heavy atom. The predicted octanol–water partition coefficient (Wildman–Crippen LogP) is 2.43. The third-order valence-corrected chi connectivity index (χ3v) is 5.01. The minimum Gasteiger partial charge on any atom is -0.398 e. The molecular weight excluding hydrogens is 196 g/mol. The number of nitrogens with one attached hydrogen (secondary N) is 1. The summed E-state index contributed by atoms with van der Waals surface area (Å²) in [5.41, 5.74) is 10.2. The fourth-order valence-electron chi connectivity index (χ4n) is 4.45. The molecule has 2 heteroatoms. The molecule has 0 aromatic heterocycles. The van der Waals surface area contributed by atoms with E-state index in [0.717, 1.165) is 24.1 Å². The first-order valence-electron chi connectivity index (χ1n) is 6.48. The molecule has 0 amide bonds. The Balaban J connectivity index is 1.93. The monoisotopic (exact) mass is 214 g/mol. The molecule has 2 fully saturated rings. The van der Waals surface area contributed by atoms with Crippen LogP contribution < -0.4 is 11.1 Å². The number of anilines is 1. The molecule has 4 aliphatic rings. The minimum absolute atomic E-state index is 0.594. The van der Waals surface area contributed by atoms with Gasteiger partial charge >= 0.3 is 0 Å². The van der Waals surface area contributed by atoms with Gasteiger partial charge in [-0.1, -0.05) is 18.6 Å². The lowest BCUT2D eigenvalue weighted by Gasteiger charge is -2.48. The summed E-state index contributed by atoms with van der Waals surface area (Å²) in [5.74, 6) is 2.48. The molecule has 1 aromatic rings. The summed E-state index contributed by atoms with van der Waals surface area (Å²) in [4.78, 5) is 0. The van der Waals surface area contributed by atoms with E-state index >= 15 is 0 Å². The van der Waals surface area contributed by atoms with Gasteiger partial charge in [-0.15, -0.1) is 0 Å². The zero-order chi connectivity index (χ0) is 10.7. The Bertz CT molecular complexity index is 440. The molecule has 2 heterocycles. The van der Waals surface area contributed by atoms with Gasteiger partial charge in [-0.25, -0.2) is 0 Å². The van der Waals surface area contributed by atoms with Crippen molar-refractivity contribution in [2.45, 2.75) is 31.2 Å². The van der Waals surface area contributed by atoms with E-state index in [1.54, 1.807) is 0 Å². The Kier molecular flexibility index (Phi) is 1.70. The maximum absolute atomic E-state index is 6.18. The van der Waals surface area contributed by atoms with Crippen LogP contribution in [0, 0.1) is 11.8 Å². The van der Waals surface area contributed by atoms with Crippen molar-refractivity contribution in [3.05, 3.63) is 29.3 Å². The average molecular weight is 214 g/mol. The van der Waals surface area contributed by atoms with Gasteiger partial charge in [0.25, 0.3) is 0 Å². The van der Waals surface area contributed by atoms with Crippen LogP contribution in [0.4, 0.5) is 5.69 Å². The molecule has 1 aromatic carbocycles. The molecule has 3 N–H and O–H groups in total. The fourth-order valence-corrected chi connectivity index (χ4v) is 4.45. The molecule has 4 unspecified atom stereocenters. The lowest BCUT2D eigenvalue weighted by Crippen LogP contribution is -2.48. The first-order chi connectivity index (χ1) is 7.86. The number of benzene rings is 1. The van der Waals surface area contributed by atoms with Gasteiger partial charge in [0, 0.05) is 24.2 Å². The molecule has 16 heavy (non-hydrogen) atoms. The maximum Gasteiger partial charge on any atom is 0.0355 e. The van der Waals surface area contributed by atoms with Crippen molar-refractivity contribution in [1.82, 2.24) is 5.32 Å². The van der Waals surface area contributed by atoms with E-state index in [1.165, 1.54) is 30.4 Å². The highest BCUT2D eigenvalue weighted by atomic mass is 15.0. The summed E-state index contributed by atoms with van der Waals surface area (Å²) in [6, 6.07) is 7.06.